The van der Waals surface area contributed by atoms with Gasteiger partial charge in [-0.1, -0.05) is 42.5 Å². The van der Waals surface area contributed by atoms with E-state index in [0.717, 1.165) is 5.56 Å². The van der Waals surface area contributed by atoms with Crippen molar-refractivity contribution in [3.63, 3.8) is 0 Å². The van der Waals surface area contributed by atoms with Crippen molar-refractivity contribution >= 4 is 0 Å². The van der Waals surface area contributed by atoms with Crippen LogP contribution in [0.15, 0.2) is 42.5 Å². The Kier molecular flexibility index (Phi) is 5.79. The number of allylic oxidation sites excluding steroid dienone is 2. The lowest BCUT2D eigenvalue weighted by atomic mass is 9.78. The third kappa shape index (κ3) is 3.44. The smallest absolute Gasteiger partial charge is 0.177 e. The fourth-order valence-electron chi connectivity index (χ4n) is 1.96. The molecule has 1 atom stereocenters. The number of benzene rings is 1. The topological polar surface area (TPSA) is 56.8 Å². The molecule has 0 heterocycles. The molecule has 0 saturated heterocycles. The van der Waals surface area contributed by atoms with Crippen LogP contribution in [0.25, 0.3) is 0 Å². The molecule has 0 aromatic heterocycles. The summed E-state index contributed by atoms with van der Waals surface area (Å²) < 4.78 is 5.69. The summed E-state index contributed by atoms with van der Waals surface area (Å²) in [5.74, 6) is 0. The van der Waals surface area contributed by atoms with E-state index >= 15 is 0 Å². The summed E-state index contributed by atoms with van der Waals surface area (Å²) in [7, 11) is 0. The van der Waals surface area contributed by atoms with Gasteiger partial charge in [-0.2, -0.15) is 10.5 Å². The third-order valence-electron chi connectivity index (χ3n) is 2.96. The molecular formula is C16H18N2O. The predicted molar refractivity (Wildman–Crippen MR) is 73.9 cm³/mol. The Morgan fingerprint density at radius 1 is 1.26 bits per heavy atom. The van der Waals surface area contributed by atoms with Gasteiger partial charge in [0.15, 0.2) is 5.41 Å². The van der Waals surface area contributed by atoms with Gasteiger partial charge in [-0.25, -0.2) is 0 Å². The van der Waals surface area contributed by atoms with Gasteiger partial charge >= 0.3 is 0 Å². The average Bonchev–Trinajstić information content (AvgIpc) is 2.48. The number of ether oxygens (including phenoxy) is 1. The van der Waals surface area contributed by atoms with Crippen LogP contribution in [0.2, 0.25) is 0 Å². The second-order valence-corrected chi connectivity index (χ2v) is 4.21. The van der Waals surface area contributed by atoms with Crippen LogP contribution in [0.3, 0.4) is 0 Å². The zero-order chi connectivity index (χ0) is 14.1. The average molecular weight is 254 g/mol. The third-order valence-corrected chi connectivity index (χ3v) is 2.96. The molecule has 0 amide bonds. The van der Waals surface area contributed by atoms with E-state index in [2.05, 4.69) is 12.1 Å². The van der Waals surface area contributed by atoms with Crippen LogP contribution in [0.1, 0.15) is 31.9 Å². The van der Waals surface area contributed by atoms with Crippen molar-refractivity contribution in [1.29, 1.82) is 10.5 Å². The van der Waals surface area contributed by atoms with Gasteiger partial charge in [0, 0.05) is 13.0 Å². The Morgan fingerprint density at radius 3 is 2.37 bits per heavy atom. The fraction of sp³-hybridized carbons (Fsp3) is 0.375. The SMILES string of the molecule is C/C=C/CC(C#N)(C#N)C(OCC)c1ccccc1. The van der Waals surface area contributed by atoms with Crippen molar-refractivity contribution in [3.05, 3.63) is 48.0 Å². The molecule has 0 aliphatic rings. The lowest BCUT2D eigenvalue weighted by Gasteiger charge is -2.28. The summed E-state index contributed by atoms with van der Waals surface area (Å²) >= 11 is 0. The van der Waals surface area contributed by atoms with Crippen LogP contribution < -0.4 is 0 Å². The maximum atomic E-state index is 9.48. The summed E-state index contributed by atoms with van der Waals surface area (Å²) in [6, 6.07) is 13.7. The molecule has 0 N–H and O–H groups in total. The van der Waals surface area contributed by atoms with E-state index in [4.69, 9.17) is 4.74 Å². The molecule has 98 valence electrons. The van der Waals surface area contributed by atoms with Gasteiger partial charge in [-0.05, 0) is 19.4 Å². The summed E-state index contributed by atoms with van der Waals surface area (Å²) in [6.45, 7) is 4.20. The van der Waals surface area contributed by atoms with Crippen molar-refractivity contribution in [2.75, 3.05) is 6.61 Å². The number of nitrogens with zero attached hydrogens (tertiary/aromatic N) is 2. The summed E-state index contributed by atoms with van der Waals surface area (Å²) in [4.78, 5) is 0. The normalized spacial score (nSPS) is 12.8. The summed E-state index contributed by atoms with van der Waals surface area (Å²) in [6.07, 6.45) is 3.50. The Bertz CT molecular complexity index is 480. The Morgan fingerprint density at radius 2 is 1.89 bits per heavy atom. The lowest BCUT2D eigenvalue weighted by Crippen LogP contribution is -2.27. The molecule has 0 fully saturated rings. The molecule has 0 aliphatic heterocycles. The van der Waals surface area contributed by atoms with Crippen LogP contribution in [0.5, 0.6) is 0 Å². The summed E-state index contributed by atoms with van der Waals surface area (Å²) in [5.41, 5.74) is -0.332. The number of hydrogen-bond acceptors (Lipinski definition) is 3. The van der Waals surface area contributed by atoms with Crippen LogP contribution in [0.4, 0.5) is 0 Å². The van der Waals surface area contributed by atoms with Gasteiger partial charge in [0.05, 0.1) is 12.1 Å². The van der Waals surface area contributed by atoms with E-state index in [0.29, 0.717) is 13.0 Å². The van der Waals surface area contributed by atoms with E-state index < -0.39 is 11.5 Å². The van der Waals surface area contributed by atoms with Crippen LogP contribution >= 0.6 is 0 Å². The Hall–Kier alpha value is -2.10. The van der Waals surface area contributed by atoms with Gasteiger partial charge in [0.25, 0.3) is 0 Å². The van der Waals surface area contributed by atoms with Gasteiger partial charge in [-0.3, -0.25) is 0 Å². The molecular weight excluding hydrogens is 236 g/mol. The molecule has 0 bridgehead atoms. The highest BCUT2D eigenvalue weighted by molar-refractivity contribution is 5.29. The van der Waals surface area contributed by atoms with Crippen LogP contribution in [0, 0.1) is 28.1 Å². The van der Waals surface area contributed by atoms with Crippen molar-refractivity contribution in [2.45, 2.75) is 26.4 Å². The highest BCUT2D eigenvalue weighted by atomic mass is 16.5. The summed E-state index contributed by atoms with van der Waals surface area (Å²) in [5, 5.41) is 19.0. The first kappa shape index (κ1) is 15.0. The van der Waals surface area contributed by atoms with Crippen LogP contribution in [-0.2, 0) is 4.74 Å². The zero-order valence-corrected chi connectivity index (χ0v) is 11.3. The fourth-order valence-corrected chi connectivity index (χ4v) is 1.96. The zero-order valence-electron chi connectivity index (χ0n) is 11.3. The monoisotopic (exact) mass is 254 g/mol. The number of nitriles is 2. The predicted octanol–water partition coefficient (Wildman–Crippen LogP) is 3.76. The molecule has 1 aromatic carbocycles. The van der Waals surface area contributed by atoms with Crippen LogP contribution in [-0.4, -0.2) is 6.61 Å². The van der Waals surface area contributed by atoms with Gasteiger partial charge in [0.1, 0.15) is 6.10 Å². The van der Waals surface area contributed by atoms with Gasteiger partial charge in [-0.15, -0.1) is 0 Å². The molecule has 0 aliphatic carbocycles. The Labute approximate surface area is 114 Å². The molecule has 0 saturated carbocycles. The van der Waals surface area contributed by atoms with E-state index in [9.17, 15) is 10.5 Å². The molecule has 1 rings (SSSR count). The van der Waals surface area contributed by atoms with Crippen molar-refractivity contribution in [2.24, 2.45) is 5.41 Å². The maximum absolute atomic E-state index is 9.48. The molecule has 1 aromatic rings. The second-order valence-electron chi connectivity index (χ2n) is 4.21. The van der Waals surface area contributed by atoms with E-state index in [-0.39, 0.29) is 0 Å². The van der Waals surface area contributed by atoms with Crippen molar-refractivity contribution in [1.82, 2.24) is 0 Å². The molecule has 0 spiro atoms. The first-order chi connectivity index (χ1) is 9.24. The van der Waals surface area contributed by atoms with Gasteiger partial charge in [0.2, 0.25) is 0 Å². The highest BCUT2D eigenvalue weighted by Gasteiger charge is 2.40. The first-order valence-corrected chi connectivity index (χ1v) is 6.34. The molecule has 19 heavy (non-hydrogen) atoms. The second kappa shape index (κ2) is 7.36. The molecule has 1 unspecified atom stereocenters. The number of hydrogen-bond donors (Lipinski definition) is 0. The maximum Gasteiger partial charge on any atom is 0.177 e. The van der Waals surface area contributed by atoms with E-state index in [1.54, 1.807) is 0 Å². The minimum absolute atomic E-state index is 0.357. The molecule has 3 heteroatoms. The lowest BCUT2D eigenvalue weighted by molar-refractivity contribution is 0.0111. The highest BCUT2D eigenvalue weighted by Crippen LogP contribution is 2.39. The minimum Gasteiger partial charge on any atom is -0.371 e. The number of rotatable bonds is 6. The first-order valence-electron chi connectivity index (χ1n) is 6.34. The minimum atomic E-state index is -1.19. The molecule has 0 radical (unpaired) electrons. The largest absolute Gasteiger partial charge is 0.371 e. The van der Waals surface area contributed by atoms with Crippen molar-refractivity contribution in [3.8, 4) is 12.1 Å². The molecule has 3 nitrogen and oxygen atoms in total. The quantitative estimate of drug-likeness (QED) is 0.726. The van der Waals surface area contributed by atoms with E-state index in [1.165, 1.54) is 0 Å². The van der Waals surface area contributed by atoms with E-state index in [1.807, 2.05) is 56.3 Å². The Balaban J connectivity index is 3.21. The van der Waals surface area contributed by atoms with Gasteiger partial charge < -0.3 is 4.74 Å². The standard InChI is InChI=1S/C16H18N2O/c1-3-5-11-16(12-17,13-18)15(19-4-2)14-9-7-6-8-10-14/h3,5-10,15H,4,11H2,1-2H3/b5-3+. The van der Waals surface area contributed by atoms with Crippen molar-refractivity contribution < 1.29 is 4.74 Å².